The van der Waals surface area contributed by atoms with E-state index in [1.54, 1.807) is 12.1 Å². The van der Waals surface area contributed by atoms with Crippen LogP contribution in [0.4, 0.5) is 4.39 Å². The van der Waals surface area contributed by atoms with E-state index in [0.29, 0.717) is 5.92 Å². The molecule has 1 heterocycles. The van der Waals surface area contributed by atoms with Crippen molar-refractivity contribution in [1.29, 1.82) is 0 Å². The number of aryl methyl sites for hydroxylation is 2. The summed E-state index contributed by atoms with van der Waals surface area (Å²) in [6, 6.07) is 4.76. The molecular weight excluding hydrogens is 265 g/mol. The molecule has 4 heteroatoms. The third-order valence-corrected chi connectivity index (χ3v) is 4.39. The minimum absolute atomic E-state index is 0.215. The van der Waals surface area contributed by atoms with Gasteiger partial charge in [-0.15, -0.1) is 0 Å². The standard InChI is InChI=1S/C17H26FN3/c1-17(2,3)12(9-10-19)5-8-16-20-14-7-6-13(18)11-15(14)21(16)4/h6-7,11-12H,5,8-10,19H2,1-4H3. The van der Waals surface area contributed by atoms with E-state index in [4.69, 9.17) is 5.73 Å². The Labute approximate surface area is 126 Å². The van der Waals surface area contributed by atoms with Gasteiger partial charge >= 0.3 is 0 Å². The lowest BCUT2D eigenvalue weighted by Gasteiger charge is -2.30. The van der Waals surface area contributed by atoms with Gasteiger partial charge in [0, 0.05) is 13.5 Å². The molecule has 0 bridgehead atoms. The number of rotatable bonds is 5. The number of hydrogen-bond donors (Lipinski definition) is 1. The Balaban J connectivity index is 2.18. The largest absolute Gasteiger partial charge is 0.331 e. The van der Waals surface area contributed by atoms with E-state index in [-0.39, 0.29) is 11.2 Å². The van der Waals surface area contributed by atoms with Gasteiger partial charge in [-0.2, -0.15) is 0 Å². The van der Waals surface area contributed by atoms with Crippen molar-refractivity contribution in [2.24, 2.45) is 24.1 Å². The van der Waals surface area contributed by atoms with Gasteiger partial charge in [-0.25, -0.2) is 9.37 Å². The lowest BCUT2D eigenvalue weighted by Crippen LogP contribution is -2.24. The summed E-state index contributed by atoms with van der Waals surface area (Å²) in [6.07, 6.45) is 2.98. The first-order valence-electron chi connectivity index (χ1n) is 7.64. The Morgan fingerprint density at radius 1 is 1.29 bits per heavy atom. The molecule has 0 aliphatic rings. The minimum Gasteiger partial charge on any atom is -0.331 e. The third kappa shape index (κ3) is 3.62. The van der Waals surface area contributed by atoms with Crippen LogP contribution in [-0.4, -0.2) is 16.1 Å². The van der Waals surface area contributed by atoms with Crippen LogP contribution in [0.2, 0.25) is 0 Å². The highest BCUT2D eigenvalue weighted by Gasteiger charge is 2.24. The van der Waals surface area contributed by atoms with Crippen LogP contribution < -0.4 is 5.73 Å². The van der Waals surface area contributed by atoms with Gasteiger partial charge < -0.3 is 10.3 Å². The second-order valence-electron chi connectivity index (χ2n) is 6.90. The summed E-state index contributed by atoms with van der Waals surface area (Å²) in [5, 5.41) is 0. The monoisotopic (exact) mass is 291 g/mol. The molecular formula is C17H26FN3. The summed E-state index contributed by atoms with van der Waals surface area (Å²) in [4.78, 5) is 4.63. The molecule has 0 amide bonds. The maximum atomic E-state index is 13.3. The van der Waals surface area contributed by atoms with Crippen LogP contribution in [0.1, 0.15) is 39.4 Å². The first-order valence-corrected chi connectivity index (χ1v) is 7.64. The van der Waals surface area contributed by atoms with Crippen molar-refractivity contribution in [2.45, 2.75) is 40.0 Å². The number of fused-ring (bicyclic) bond motifs is 1. The number of benzene rings is 1. The fourth-order valence-electron chi connectivity index (χ4n) is 2.95. The third-order valence-electron chi connectivity index (χ3n) is 4.39. The van der Waals surface area contributed by atoms with Gasteiger partial charge in [-0.3, -0.25) is 0 Å². The molecule has 2 rings (SSSR count). The first kappa shape index (κ1) is 16.0. The van der Waals surface area contributed by atoms with Crippen molar-refractivity contribution < 1.29 is 4.39 Å². The van der Waals surface area contributed by atoms with Gasteiger partial charge in [0.15, 0.2) is 0 Å². The summed E-state index contributed by atoms with van der Waals surface area (Å²) in [5.41, 5.74) is 7.71. The first-order chi connectivity index (χ1) is 9.82. The molecule has 0 aliphatic heterocycles. The zero-order valence-electron chi connectivity index (χ0n) is 13.5. The average Bonchev–Trinajstić information content (AvgIpc) is 2.70. The van der Waals surface area contributed by atoms with Crippen LogP contribution in [0.3, 0.4) is 0 Å². The Morgan fingerprint density at radius 3 is 2.62 bits per heavy atom. The maximum absolute atomic E-state index is 13.3. The van der Waals surface area contributed by atoms with Gasteiger partial charge in [0.1, 0.15) is 11.6 Å². The van der Waals surface area contributed by atoms with Gasteiger partial charge in [-0.05, 0) is 48.9 Å². The molecule has 1 unspecified atom stereocenters. The molecule has 0 radical (unpaired) electrons. The van der Waals surface area contributed by atoms with Crippen LogP contribution in [0.5, 0.6) is 0 Å². The van der Waals surface area contributed by atoms with E-state index in [2.05, 4.69) is 25.8 Å². The zero-order valence-corrected chi connectivity index (χ0v) is 13.5. The second kappa shape index (κ2) is 6.14. The van der Waals surface area contributed by atoms with Crippen LogP contribution in [0, 0.1) is 17.2 Å². The molecule has 1 aromatic heterocycles. The van der Waals surface area contributed by atoms with Crippen LogP contribution in [-0.2, 0) is 13.5 Å². The lowest BCUT2D eigenvalue weighted by atomic mass is 9.76. The number of nitrogens with two attached hydrogens (primary N) is 1. The highest BCUT2D eigenvalue weighted by molar-refractivity contribution is 5.75. The Hall–Kier alpha value is -1.42. The molecule has 0 aliphatic carbocycles. The van der Waals surface area contributed by atoms with E-state index >= 15 is 0 Å². The minimum atomic E-state index is -0.215. The van der Waals surface area contributed by atoms with Crippen LogP contribution in [0.25, 0.3) is 11.0 Å². The van der Waals surface area contributed by atoms with E-state index in [9.17, 15) is 4.39 Å². The predicted octanol–water partition coefficient (Wildman–Crippen LogP) is 3.66. The van der Waals surface area contributed by atoms with E-state index < -0.39 is 0 Å². The fraction of sp³-hybridized carbons (Fsp3) is 0.588. The fourth-order valence-corrected chi connectivity index (χ4v) is 2.95. The Bertz CT molecular complexity index is 610. The van der Waals surface area contributed by atoms with Crippen molar-refractivity contribution in [3.63, 3.8) is 0 Å². The van der Waals surface area contributed by atoms with Crippen molar-refractivity contribution in [3.8, 4) is 0 Å². The van der Waals surface area contributed by atoms with Gasteiger partial charge in [0.2, 0.25) is 0 Å². The van der Waals surface area contributed by atoms with Crippen molar-refractivity contribution in [2.75, 3.05) is 6.54 Å². The summed E-state index contributed by atoms with van der Waals surface area (Å²) in [7, 11) is 1.96. The topological polar surface area (TPSA) is 43.8 Å². The SMILES string of the molecule is Cn1c(CCC(CCN)C(C)(C)C)nc2ccc(F)cc21. The van der Waals surface area contributed by atoms with E-state index in [0.717, 1.165) is 42.7 Å². The quantitative estimate of drug-likeness (QED) is 0.913. The van der Waals surface area contributed by atoms with Gasteiger partial charge in [-0.1, -0.05) is 20.8 Å². The van der Waals surface area contributed by atoms with Crippen molar-refractivity contribution in [3.05, 3.63) is 29.8 Å². The maximum Gasteiger partial charge on any atom is 0.125 e. The molecule has 1 atom stereocenters. The molecule has 2 aromatic rings. The molecule has 0 fully saturated rings. The number of aromatic nitrogens is 2. The summed E-state index contributed by atoms with van der Waals surface area (Å²) >= 11 is 0. The van der Waals surface area contributed by atoms with E-state index in [1.807, 2.05) is 11.6 Å². The summed E-state index contributed by atoms with van der Waals surface area (Å²) in [5.74, 6) is 1.37. The molecule has 0 spiro atoms. The van der Waals surface area contributed by atoms with Crippen molar-refractivity contribution >= 4 is 11.0 Å². The average molecular weight is 291 g/mol. The van der Waals surface area contributed by atoms with Gasteiger partial charge in [0.05, 0.1) is 11.0 Å². The van der Waals surface area contributed by atoms with Crippen molar-refractivity contribution in [1.82, 2.24) is 9.55 Å². The van der Waals surface area contributed by atoms with Crippen LogP contribution >= 0.6 is 0 Å². The number of hydrogen-bond acceptors (Lipinski definition) is 2. The number of imidazole rings is 1. The highest BCUT2D eigenvalue weighted by atomic mass is 19.1. The normalized spacial score (nSPS) is 13.8. The summed E-state index contributed by atoms with van der Waals surface area (Å²) < 4.78 is 15.3. The van der Waals surface area contributed by atoms with Gasteiger partial charge in [0.25, 0.3) is 0 Å². The van der Waals surface area contributed by atoms with E-state index in [1.165, 1.54) is 6.07 Å². The van der Waals surface area contributed by atoms with Crippen LogP contribution in [0.15, 0.2) is 18.2 Å². The molecule has 3 nitrogen and oxygen atoms in total. The Kier molecular flexibility index (Phi) is 4.67. The molecule has 0 saturated carbocycles. The lowest BCUT2D eigenvalue weighted by molar-refractivity contribution is 0.213. The highest BCUT2D eigenvalue weighted by Crippen LogP contribution is 2.32. The molecule has 1 aromatic carbocycles. The number of nitrogens with zero attached hydrogens (tertiary/aromatic N) is 2. The molecule has 2 N–H and O–H groups in total. The smallest absolute Gasteiger partial charge is 0.125 e. The second-order valence-corrected chi connectivity index (χ2v) is 6.90. The summed E-state index contributed by atoms with van der Waals surface area (Å²) in [6.45, 7) is 7.50. The molecule has 0 saturated heterocycles. The zero-order chi connectivity index (χ0) is 15.6. The molecule has 21 heavy (non-hydrogen) atoms. The number of halogens is 1. The Morgan fingerprint density at radius 2 is 2.00 bits per heavy atom. The predicted molar refractivity (Wildman–Crippen MR) is 85.6 cm³/mol. The molecule has 116 valence electrons.